The molecule has 0 saturated heterocycles. The molecule has 0 amide bonds. The lowest BCUT2D eigenvalue weighted by atomic mass is 10.2. The van der Waals surface area contributed by atoms with Gasteiger partial charge in [0.2, 0.25) is 0 Å². The first-order valence-corrected chi connectivity index (χ1v) is 6.04. The van der Waals surface area contributed by atoms with E-state index in [0.717, 1.165) is 0 Å². The molecule has 108 valence electrons. The highest BCUT2D eigenvalue weighted by atomic mass is 35.5. The Hall–Kier alpha value is -0.850. The lowest BCUT2D eigenvalue weighted by Gasteiger charge is -2.14. The zero-order valence-corrected chi connectivity index (χ0v) is 11.4. The monoisotopic (exact) mass is 318 g/mol. The maximum Gasteiger partial charge on any atom is 0.522 e. The second kappa shape index (κ2) is 7.07. The van der Waals surface area contributed by atoms with Gasteiger partial charge in [0.25, 0.3) is 0 Å². The van der Waals surface area contributed by atoms with E-state index in [1.807, 2.05) is 0 Å². The molecule has 0 aromatic heterocycles. The molecule has 1 aromatic carbocycles. The van der Waals surface area contributed by atoms with E-state index in [0.29, 0.717) is 11.3 Å². The lowest BCUT2D eigenvalue weighted by molar-refractivity contribution is -0.325. The Morgan fingerprint density at radius 1 is 1.21 bits per heavy atom. The predicted molar refractivity (Wildman–Crippen MR) is 65.1 cm³/mol. The SMILES string of the molecule is COc1cc(CCl)cc(Cl)c1OCCOC(F)(F)F. The fourth-order valence-corrected chi connectivity index (χ4v) is 1.73. The van der Waals surface area contributed by atoms with Crippen LogP contribution in [0, 0.1) is 0 Å². The average Bonchev–Trinajstić information content (AvgIpc) is 2.34. The van der Waals surface area contributed by atoms with Crippen LogP contribution in [0.1, 0.15) is 5.56 Å². The lowest BCUT2D eigenvalue weighted by Crippen LogP contribution is -2.18. The first-order chi connectivity index (χ1) is 8.87. The van der Waals surface area contributed by atoms with Crippen LogP contribution in [-0.2, 0) is 10.6 Å². The molecule has 0 aliphatic rings. The highest BCUT2D eigenvalue weighted by molar-refractivity contribution is 6.32. The molecule has 0 N–H and O–H groups in total. The van der Waals surface area contributed by atoms with E-state index in [1.54, 1.807) is 12.1 Å². The van der Waals surface area contributed by atoms with Crippen LogP contribution in [0.15, 0.2) is 12.1 Å². The smallest absolute Gasteiger partial charge is 0.493 e. The van der Waals surface area contributed by atoms with Gasteiger partial charge in [-0.2, -0.15) is 0 Å². The van der Waals surface area contributed by atoms with E-state index in [4.69, 9.17) is 32.7 Å². The Morgan fingerprint density at radius 2 is 1.89 bits per heavy atom. The van der Waals surface area contributed by atoms with Crippen molar-refractivity contribution in [3.63, 3.8) is 0 Å². The fourth-order valence-electron chi connectivity index (χ4n) is 1.29. The minimum Gasteiger partial charge on any atom is -0.493 e. The summed E-state index contributed by atoms with van der Waals surface area (Å²) in [5.41, 5.74) is 0.711. The van der Waals surface area contributed by atoms with Crippen molar-refractivity contribution in [1.82, 2.24) is 0 Å². The Labute approximate surface area is 118 Å². The number of benzene rings is 1. The zero-order chi connectivity index (χ0) is 14.5. The third-order valence-electron chi connectivity index (χ3n) is 2.04. The normalized spacial score (nSPS) is 11.5. The third-order valence-corrected chi connectivity index (χ3v) is 2.63. The Morgan fingerprint density at radius 3 is 2.42 bits per heavy atom. The standard InChI is InChI=1S/C11H11Cl2F3O3/c1-17-9-5-7(6-12)4-8(13)10(9)18-2-3-19-11(14,15)16/h4-5H,2-3,6H2,1H3. The van der Waals surface area contributed by atoms with Crippen molar-refractivity contribution in [2.75, 3.05) is 20.3 Å². The number of ether oxygens (including phenoxy) is 3. The summed E-state index contributed by atoms with van der Waals surface area (Å²) in [5.74, 6) is 0.687. The largest absolute Gasteiger partial charge is 0.522 e. The maximum atomic E-state index is 11.8. The molecule has 0 unspecified atom stereocenters. The van der Waals surface area contributed by atoms with Gasteiger partial charge in [-0.25, -0.2) is 0 Å². The van der Waals surface area contributed by atoms with Gasteiger partial charge in [-0.1, -0.05) is 11.6 Å². The molecule has 8 heteroatoms. The van der Waals surface area contributed by atoms with Crippen molar-refractivity contribution in [3.05, 3.63) is 22.7 Å². The minimum absolute atomic E-state index is 0.156. The van der Waals surface area contributed by atoms with E-state index >= 15 is 0 Å². The number of hydrogen-bond donors (Lipinski definition) is 0. The number of alkyl halides is 4. The zero-order valence-electron chi connectivity index (χ0n) is 9.89. The summed E-state index contributed by atoms with van der Waals surface area (Å²) in [5, 5.41) is 0.210. The van der Waals surface area contributed by atoms with Crippen LogP contribution in [0.2, 0.25) is 5.02 Å². The molecule has 0 saturated carbocycles. The molecule has 0 aliphatic carbocycles. The van der Waals surface area contributed by atoms with Crippen LogP contribution in [0.25, 0.3) is 0 Å². The molecular formula is C11H11Cl2F3O3. The van der Waals surface area contributed by atoms with Crippen molar-refractivity contribution in [2.45, 2.75) is 12.2 Å². The van der Waals surface area contributed by atoms with E-state index in [-0.39, 0.29) is 23.3 Å². The molecule has 0 heterocycles. The van der Waals surface area contributed by atoms with Gasteiger partial charge in [0.1, 0.15) is 6.61 Å². The van der Waals surface area contributed by atoms with Crippen molar-refractivity contribution < 1.29 is 27.4 Å². The quantitative estimate of drug-likeness (QED) is 0.586. The van der Waals surface area contributed by atoms with Crippen LogP contribution in [0.3, 0.4) is 0 Å². The van der Waals surface area contributed by atoms with Gasteiger partial charge >= 0.3 is 6.36 Å². The first-order valence-electron chi connectivity index (χ1n) is 5.13. The van der Waals surface area contributed by atoms with Crippen LogP contribution in [0.4, 0.5) is 13.2 Å². The van der Waals surface area contributed by atoms with Crippen LogP contribution >= 0.6 is 23.2 Å². The molecule has 19 heavy (non-hydrogen) atoms. The summed E-state index contributed by atoms with van der Waals surface area (Å²) in [7, 11) is 1.39. The summed E-state index contributed by atoms with van der Waals surface area (Å²) >= 11 is 11.6. The van der Waals surface area contributed by atoms with Crippen molar-refractivity contribution in [1.29, 1.82) is 0 Å². The summed E-state index contributed by atoms with van der Waals surface area (Å²) in [6.45, 7) is -0.948. The molecule has 0 fully saturated rings. The average molecular weight is 319 g/mol. The Balaban J connectivity index is 2.67. The first kappa shape index (κ1) is 16.2. The molecule has 0 radical (unpaired) electrons. The topological polar surface area (TPSA) is 27.7 Å². The van der Waals surface area contributed by atoms with Gasteiger partial charge < -0.3 is 9.47 Å². The summed E-state index contributed by atoms with van der Waals surface area (Å²) < 4.78 is 49.0. The van der Waals surface area contributed by atoms with Crippen LogP contribution in [-0.4, -0.2) is 26.7 Å². The summed E-state index contributed by atoms with van der Waals surface area (Å²) in [6.07, 6.45) is -4.68. The number of methoxy groups -OCH3 is 1. The Kier molecular flexibility index (Phi) is 6.03. The van der Waals surface area contributed by atoms with Crippen molar-refractivity contribution in [3.8, 4) is 11.5 Å². The second-order valence-corrected chi connectivity index (χ2v) is 4.06. The van der Waals surface area contributed by atoms with Gasteiger partial charge in [-0.05, 0) is 17.7 Å². The molecule has 3 nitrogen and oxygen atoms in total. The van der Waals surface area contributed by atoms with E-state index in [9.17, 15) is 13.2 Å². The van der Waals surface area contributed by atoms with Gasteiger partial charge in [0.05, 0.1) is 18.7 Å². The van der Waals surface area contributed by atoms with Gasteiger partial charge in [-0.15, -0.1) is 24.8 Å². The fraction of sp³-hybridized carbons (Fsp3) is 0.455. The molecule has 0 bridgehead atoms. The van der Waals surface area contributed by atoms with Gasteiger partial charge in [0, 0.05) is 5.88 Å². The highest BCUT2D eigenvalue weighted by Crippen LogP contribution is 2.36. The van der Waals surface area contributed by atoms with E-state index in [1.165, 1.54) is 7.11 Å². The van der Waals surface area contributed by atoms with Crippen molar-refractivity contribution >= 4 is 23.2 Å². The molecule has 0 aliphatic heterocycles. The van der Waals surface area contributed by atoms with Crippen LogP contribution < -0.4 is 9.47 Å². The molecular weight excluding hydrogens is 308 g/mol. The van der Waals surface area contributed by atoms with Gasteiger partial charge in [0.15, 0.2) is 11.5 Å². The van der Waals surface area contributed by atoms with E-state index < -0.39 is 13.0 Å². The number of rotatable bonds is 6. The predicted octanol–water partition coefficient (Wildman–Crippen LogP) is 4.00. The van der Waals surface area contributed by atoms with Crippen molar-refractivity contribution in [2.24, 2.45) is 0 Å². The third kappa shape index (κ3) is 5.34. The number of hydrogen-bond acceptors (Lipinski definition) is 3. The minimum atomic E-state index is -4.68. The number of halogens is 5. The molecule has 1 rings (SSSR count). The molecule has 1 aromatic rings. The molecule has 0 atom stereocenters. The Bertz CT molecular complexity index is 424. The molecule has 0 spiro atoms. The van der Waals surface area contributed by atoms with E-state index in [2.05, 4.69) is 4.74 Å². The highest BCUT2D eigenvalue weighted by Gasteiger charge is 2.28. The summed E-state index contributed by atoms with van der Waals surface area (Å²) in [6, 6.07) is 3.15. The van der Waals surface area contributed by atoms with Gasteiger partial charge in [-0.3, -0.25) is 4.74 Å². The van der Waals surface area contributed by atoms with Crippen LogP contribution in [0.5, 0.6) is 11.5 Å². The maximum absolute atomic E-state index is 11.8. The summed E-state index contributed by atoms with van der Waals surface area (Å²) in [4.78, 5) is 0. The second-order valence-electron chi connectivity index (χ2n) is 3.39.